The van der Waals surface area contributed by atoms with E-state index in [1.54, 1.807) is 6.20 Å². The number of rotatable bonds is 4. The number of aryl methyl sites for hydroxylation is 2. The minimum Gasteiger partial charge on any atom is -0.373 e. The molecule has 5 heteroatoms. The Morgan fingerprint density at radius 2 is 2.29 bits per heavy atom. The van der Waals surface area contributed by atoms with Crippen molar-refractivity contribution in [2.24, 2.45) is 7.05 Å². The molecule has 1 amide bonds. The number of fused-ring (bicyclic) bond motifs is 1. The lowest BCUT2D eigenvalue weighted by atomic mass is 9.98. The van der Waals surface area contributed by atoms with E-state index < -0.39 is 0 Å². The van der Waals surface area contributed by atoms with Crippen LogP contribution in [0.25, 0.3) is 0 Å². The number of anilines is 1. The van der Waals surface area contributed by atoms with Crippen molar-refractivity contribution >= 4 is 11.6 Å². The molecule has 0 saturated carbocycles. The van der Waals surface area contributed by atoms with Gasteiger partial charge in [0, 0.05) is 37.6 Å². The number of benzene rings is 1. The lowest BCUT2D eigenvalue weighted by Crippen LogP contribution is -2.42. The van der Waals surface area contributed by atoms with Gasteiger partial charge in [-0.05, 0) is 30.5 Å². The molecular weight excluding hydrogens is 264 g/mol. The van der Waals surface area contributed by atoms with Crippen molar-refractivity contribution in [1.82, 2.24) is 15.1 Å². The summed E-state index contributed by atoms with van der Waals surface area (Å²) in [5.41, 5.74) is 3.49. The van der Waals surface area contributed by atoms with E-state index in [-0.39, 0.29) is 11.9 Å². The van der Waals surface area contributed by atoms with Crippen molar-refractivity contribution in [3.05, 3.63) is 47.8 Å². The van der Waals surface area contributed by atoms with Gasteiger partial charge in [-0.25, -0.2) is 0 Å². The van der Waals surface area contributed by atoms with E-state index in [1.807, 2.05) is 36.0 Å². The molecule has 0 spiro atoms. The van der Waals surface area contributed by atoms with Gasteiger partial charge in [-0.3, -0.25) is 9.48 Å². The number of nitrogens with zero attached hydrogens (tertiary/aromatic N) is 2. The summed E-state index contributed by atoms with van der Waals surface area (Å²) >= 11 is 0. The van der Waals surface area contributed by atoms with Gasteiger partial charge < -0.3 is 10.6 Å². The van der Waals surface area contributed by atoms with Gasteiger partial charge in [-0.1, -0.05) is 18.2 Å². The first-order valence-corrected chi connectivity index (χ1v) is 7.33. The van der Waals surface area contributed by atoms with Crippen LogP contribution >= 0.6 is 0 Å². The second-order valence-corrected chi connectivity index (χ2v) is 5.38. The molecule has 0 fully saturated rings. The molecule has 1 aliphatic rings. The predicted octanol–water partition coefficient (Wildman–Crippen LogP) is 1.51. The average Bonchev–Trinajstić information content (AvgIpc) is 2.92. The fraction of sp³-hybridized carbons (Fsp3) is 0.375. The molecule has 1 aromatic carbocycles. The Labute approximate surface area is 124 Å². The monoisotopic (exact) mass is 284 g/mol. The molecule has 5 nitrogen and oxygen atoms in total. The number of hydrogen-bond acceptors (Lipinski definition) is 3. The van der Waals surface area contributed by atoms with E-state index in [2.05, 4.69) is 21.8 Å². The first kappa shape index (κ1) is 13.7. The van der Waals surface area contributed by atoms with Crippen LogP contribution in [0.5, 0.6) is 0 Å². The average molecular weight is 284 g/mol. The highest BCUT2D eigenvalue weighted by molar-refractivity contribution is 5.85. The summed E-state index contributed by atoms with van der Waals surface area (Å²) in [4.78, 5) is 12.2. The summed E-state index contributed by atoms with van der Waals surface area (Å²) in [6.07, 6.45) is 4.36. The van der Waals surface area contributed by atoms with Crippen LogP contribution in [-0.2, 0) is 24.7 Å². The van der Waals surface area contributed by atoms with Crippen molar-refractivity contribution in [2.75, 3.05) is 11.9 Å². The van der Waals surface area contributed by atoms with Crippen LogP contribution < -0.4 is 10.6 Å². The number of nitrogens with one attached hydrogen (secondary N) is 2. The molecule has 0 saturated heterocycles. The molecule has 2 aromatic rings. The molecule has 0 aliphatic carbocycles. The first-order valence-electron chi connectivity index (χ1n) is 7.33. The zero-order valence-corrected chi connectivity index (χ0v) is 12.2. The van der Waals surface area contributed by atoms with E-state index in [0.29, 0.717) is 6.54 Å². The minimum absolute atomic E-state index is 0.0756. The van der Waals surface area contributed by atoms with Crippen LogP contribution in [0.4, 0.5) is 5.69 Å². The molecule has 1 aliphatic heterocycles. The van der Waals surface area contributed by atoms with E-state index in [1.165, 1.54) is 5.56 Å². The van der Waals surface area contributed by atoms with E-state index in [9.17, 15) is 4.79 Å². The maximum Gasteiger partial charge on any atom is 0.242 e. The van der Waals surface area contributed by atoms with E-state index in [0.717, 1.165) is 30.6 Å². The summed E-state index contributed by atoms with van der Waals surface area (Å²) in [5.74, 6) is 0.0756. The molecule has 1 atom stereocenters. The van der Waals surface area contributed by atoms with Gasteiger partial charge in [0.05, 0.1) is 0 Å². The standard InChI is InChI=1S/C16H20N4O/c1-20-13(9-11-18-20)8-10-17-16(21)15-7-6-12-4-2-3-5-14(12)19-15/h2-5,9,11,15,19H,6-8,10H2,1H3,(H,17,21). The van der Waals surface area contributed by atoms with Crippen LogP contribution in [0.3, 0.4) is 0 Å². The van der Waals surface area contributed by atoms with Gasteiger partial charge in [-0.2, -0.15) is 5.10 Å². The Morgan fingerprint density at radius 1 is 1.43 bits per heavy atom. The largest absolute Gasteiger partial charge is 0.373 e. The van der Waals surface area contributed by atoms with Crippen molar-refractivity contribution in [1.29, 1.82) is 0 Å². The molecule has 0 bridgehead atoms. The lowest BCUT2D eigenvalue weighted by Gasteiger charge is -2.26. The van der Waals surface area contributed by atoms with Gasteiger partial charge >= 0.3 is 0 Å². The number of amides is 1. The number of carbonyl (C=O) groups is 1. The zero-order valence-electron chi connectivity index (χ0n) is 12.2. The smallest absolute Gasteiger partial charge is 0.242 e. The lowest BCUT2D eigenvalue weighted by molar-refractivity contribution is -0.122. The molecule has 3 rings (SSSR count). The van der Waals surface area contributed by atoms with Crippen LogP contribution in [0.2, 0.25) is 0 Å². The second kappa shape index (κ2) is 5.99. The van der Waals surface area contributed by atoms with Gasteiger partial charge in [-0.15, -0.1) is 0 Å². The third kappa shape index (κ3) is 3.07. The van der Waals surface area contributed by atoms with Gasteiger partial charge in [0.15, 0.2) is 0 Å². The van der Waals surface area contributed by atoms with Crippen molar-refractivity contribution in [2.45, 2.75) is 25.3 Å². The quantitative estimate of drug-likeness (QED) is 0.894. The number of hydrogen-bond donors (Lipinski definition) is 2. The molecule has 2 N–H and O–H groups in total. The first-order chi connectivity index (χ1) is 10.2. The summed E-state index contributed by atoms with van der Waals surface area (Å²) in [6, 6.07) is 10.0. The molecule has 1 unspecified atom stereocenters. The number of carbonyl (C=O) groups excluding carboxylic acids is 1. The van der Waals surface area contributed by atoms with Crippen LogP contribution in [0, 0.1) is 0 Å². The van der Waals surface area contributed by atoms with Gasteiger partial charge in [0.2, 0.25) is 5.91 Å². The summed E-state index contributed by atoms with van der Waals surface area (Å²) in [7, 11) is 1.91. The SMILES string of the molecule is Cn1nccc1CCNC(=O)C1CCc2ccccc2N1. The Bertz CT molecular complexity index is 635. The highest BCUT2D eigenvalue weighted by atomic mass is 16.2. The third-order valence-corrected chi connectivity index (χ3v) is 3.97. The van der Waals surface area contributed by atoms with E-state index in [4.69, 9.17) is 0 Å². The fourth-order valence-electron chi connectivity index (χ4n) is 2.72. The minimum atomic E-state index is -0.133. The second-order valence-electron chi connectivity index (χ2n) is 5.38. The normalized spacial score (nSPS) is 16.9. The van der Waals surface area contributed by atoms with Crippen molar-refractivity contribution in [3.63, 3.8) is 0 Å². The van der Waals surface area contributed by atoms with Crippen molar-refractivity contribution < 1.29 is 4.79 Å². The Balaban J connectivity index is 1.52. The summed E-state index contributed by atoms with van der Waals surface area (Å²) < 4.78 is 1.83. The van der Waals surface area contributed by atoms with Crippen molar-refractivity contribution in [3.8, 4) is 0 Å². The van der Waals surface area contributed by atoms with Crippen LogP contribution in [0.1, 0.15) is 17.7 Å². The Kier molecular flexibility index (Phi) is 3.90. The summed E-state index contributed by atoms with van der Waals surface area (Å²) in [5, 5.41) is 10.4. The maximum absolute atomic E-state index is 12.2. The molecule has 110 valence electrons. The molecule has 0 radical (unpaired) electrons. The third-order valence-electron chi connectivity index (χ3n) is 3.97. The summed E-state index contributed by atoms with van der Waals surface area (Å²) in [6.45, 7) is 0.637. The highest BCUT2D eigenvalue weighted by Crippen LogP contribution is 2.24. The highest BCUT2D eigenvalue weighted by Gasteiger charge is 2.23. The Hall–Kier alpha value is -2.30. The molecule has 1 aromatic heterocycles. The topological polar surface area (TPSA) is 59.0 Å². The predicted molar refractivity (Wildman–Crippen MR) is 82.1 cm³/mol. The zero-order chi connectivity index (χ0) is 14.7. The van der Waals surface area contributed by atoms with E-state index >= 15 is 0 Å². The van der Waals surface area contributed by atoms with Gasteiger partial charge in [0.25, 0.3) is 0 Å². The van der Waals surface area contributed by atoms with Crippen LogP contribution in [-0.4, -0.2) is 28.3 Å². The number of para-hydroxylation sites is 1. The van der Waals surface area contributed by atoms with Gasteiger partial charge in [0.1, 0.15) is 6.04 Å². The Morgan fingerprint density at radius 3 is 3.10 bits per heavy atom. The molecule has 2 heterocycles. The molecule has 21 heavy (non-hydrogen) atoms. The maximum atomic E-state index is 12.2. The van der Waals surface area contributed by atoms with Crippen LogP contribution in [0.15, 0.2) is 36.5 Å². The fourth-order valence-corrected chi connectivity index (χ4v) is 2.72. The number of aromatic nitrogens is 2. The molecular formula is C16H20N4O.